The predicted octanol–water partition coefficient (Wildman–Crippen LogP) is 4.17. The summed E-state index contributed by atoms with van der Waals surface area (Å²) in [5.74, 6) is 1.56. The number of aromatic nitrogens is 1. The number of nitrogens with one attached hydrogen (secondary N) is 1. The molecule has 1 aromatic carbocycles. The van der Waals surface area contributed by atoms with Crippen LogP contribution in [0.5, 0.6) is 0 Å². The molecular formula is C17H24N2O. The van der Waals surface area contributed by atoms with Gasteiger partial charge in [-0.3, -0.25) is 0 Å². The van der Waals surface area contributed by atoms with Gasteiger partial charge in [0.05, 0.1) is 5.69 Å². The van der Waals surface area contributed by atoms with Gasteiger partial charge in [-0.05, 0) is 31.7 Å². The molecule has 1 aromatic heterocycles. The number of hydrogen-bond donors (Lipinski definition) is 1. The third-order valence-electron chi connectivity index (χ3n) is 3.62. The Morgan fingerprint density at radius 2 is 1.85 bits per heavy atom. The van der Waals surface area contributed by atoms with Gasteiger partial charge in [0, 0.05) is 18.2 Å². The maximum Gasteiger partial charge on any atom is 0.138 e. The van der Waals surface area contributed by atoms with Crippen molar-refractivity contribution >= 4 is 0 Å². The third kappa shape index (κ3) is 3.70. The van der Waals surface area contributed by atoms with E-state index >= 15 is 0 Å². The summed E-state index contributed by atoms with van der Waals surface area (Å²) in [5, 5.41) is 7.66. The quantitative estimate of drug-likeness (QED) is 0.857. The summed E-state index contributed by atoms with van der Waals surface area (Å²) in [6.45, 7) is 9.28. The summed E-state index contributed by atoms with van der Waals surface area (Å²) in [4.78, 5) is 0. The van der Waals surface area contributed by atoms with Crippen molar-refractivity contribution in [3.05, 3.63) is 52.9 Å². The molecular weight excluding hydrogens is 248 g/mol. The lowest BCUT2D eigenvalue weighted by molar-refractivity contribution is 0.390. The van der Waals surface area contributed by atoms with Crippen molar-refractivity contribution in [3.63, 3.8) is 0 Å². The van der Waals surface area contributed by atoms with Gasteiger partial charge in [-0.1, -0.05) is 49.3 Å². The molecule has 108 valence electrons. The van der Waals surface area contributed by atoms with Gasteiger partial charge in [-0.2, -0.15) is 0 Å². The molecule has 20 heavy (non-hydrogen) atoms. The van der Waals surface area contributed by atoms with Crippen LogP contribution in [0.15, 0.2) is 34.9 Å². The molecule has 1 unspecified atom stereocenters. The van der Waals surface area contributed by atoms with Gasteiger partial charge in [-0.25, -0.2) is 0 Å². The first-order valence-electron chi connectivity index (χ1n) is 7.28. The van der Waals surface area contributed by atoms with Crippen LogP contribution in [-0.4, -0.2) is 5.16 Å². The molecule has 1 heterocycles. The van der Waals surface area contributed by atoms with Crippen molar-refractivity contribution in [2.24, 2.45) is 5.92 Å². The zero-order valence-electron chi connectivity index (χ0n) is 12.8. The first kappa shape index (κ1) is 14.8. The summed E-state index contributed by atoms with van der Waals surface area (Å²) < 4.78 is 5.22. The van der Waals surface area contributed by atoms with Gasteiger partial charge >= 0.3 is 0 Å². The predicted molar refractivity (Wildman–Crippen MR) is 81.5 cm³/mol. The van der Waals surface area contributed by atoms with E-state index in [4.69, 9.17) is 4.52 Å². The van der Waals surface area contributed by atoms with Crippen molar-refractivity contribution in [1.29, 1.82) is 0 Å². The smallest absolute Gasteiger partial charge is 0.138 e. The van der Waals surface area contributed by atoms with E-state index in [2.05, 4.69) is 54.7 Å². The second kappa shape index (κ2) is 6.71. The summed E-state index contributed by atoms with van der Waals surface area (Å²) in [7, 11) is 0. The Morgan fingerprint density at radius 3 is 2.40 bits per heavy atom. The highest BCUT2D eigenvalue weighted by Gasteiger charge is 2.15. The summed E-state index contributed by atoms with van der Waals surface area (Å²) in [6, 6.07) is 11.0. The van der Waals surface area contributed by atoms with E-state index in [-0.39, 0.29) is 0 Å². The van der Waals surface area contributed by atoms with E-state index < -0.39 is 0 Å². The minimum atomic E-state index is 0.366. The fourth-order valence-corrected chi connectivity index (χ4v) is 2.47. The minimum absolute atomic E-state index is 0.366. The fraction of sp³-hybridized carbons (Fsp3) is 0.471. The maximum absolute atomic E-state index is 5.22. The highest BCUT2D eigenvalue weighted by Crippen LogP contribution is 2.22. The SMILES string of the molecule is Cc1noc(C)c1CNC(CC(C)C)c1ccccc1. The standard InChI is InChI=1S/C17H24N2O/c1-12(2)10-17(15-8-6-5-7-9-15)18-11-16-13(3)19-20-14(16)4/h5-9,12,17-18H,10-11H2,1-4H3. The van der Waals surface area contributed by atoms with Crippen LogP contribution in [0, 0.1) is 19.8 Å². The van der Waals surface area contributed by atoms with E-state index in [0.717, 1.165) is 24.4 Å². The van der Waals surface area contributed by atoms with Gasteiger partial charge in [0.15, 0.2) is 0 Å². The van der Waals surface area contributed by atoms with Crippen LogP contribution >= 0.6 is 0 Å². The number of hydrogen-bond acceptors (Lipinski definition) is 3. The van der Waals surface area contributed by atoms with Crippen molar-refractivity contribution in [2.45, 2.75) is 46.7 Å². The van der Waals surface area contributed by atoms with E-state index in [9.17, 15) is 0 Å². The third-order valence-corrected chi connectivity index (χ3v) is 3.62. The Bertz CT molecular complexity index is 512. The molecule has 2 rings (SSSR count). The van der Waals surface area contributed by atoms with Gasteiger partial charge < -0.3 is 9.84 Å². The molecule has 0 saturated carbocycles. The Hall–Kier alpha value is -1.61. The second-order valence-corrected chi connectivity index (χ2v) is 5.78. The van der Waals surface area contributed by atoms with Crippen LogP contribution in [-0.2, 0) is 6.54 Å². The largest absolute Gasteiger partial charge is 0.361 e. The van der Waals surface area contributed by atoms with Crippen LogP contribution in [0.1, 0.15) is 48.9 Å². The molecule has 0 aliphatic carbocycles. The first-order chi connectivity index (χ1) is 9.58. The van der Waals surface area contributed by atoms with Gasteiger partial charge in [0.2, 0.25) is 0 Å². The van der Waals surface area contributed by atoms with Crippen LogP contribution in [0.4, 0.5) is 0 Å². The van der Waals surface area contributed by atoms with Crippen molar-refractivity contribution in [1.82, 2.24) is 10.5 Å². The first-order valence-corrected chi connectivity index (χ1v) is 7.28. The molecule has 2 aromatic rings. The molecule has 0 aliphatic heterocycles. The summed E-state index contributed by atoms with van der Waals surface area (Å²) in [5.41, 5.74) is 3.49. The fourth-order valence-electron chi connectivity index (χ4n) is 2.47. The molecule has 0 aliphatic rings. The normalized spacial score (nSPS) is 12.8. The molecule has 0 saturated heterocycles. The molecule has 3 heteroatoms. The van der Waals surface area contributed by atoms with E-state index in [1.807, 2.05) is 13.8 Å². The Kier molecular flexibility index (Phi) is 4.96. The van der Waals surface area contributed by atoms with Crippen LogP contribution < -0.4 is 5.32 Å². The average Bonchev–Trinajstić information content (AvgIpc) is 2.75. The van der Waals surface area contributed by atoms with Crippen LogP contribution in [0.3, 0.4) is 0 Å². The number of benzene rings is 1. The van der Waals surface area contributed by atoms with Gasteiger partial charge in [0.25, 0.3) is 0 Å². The molecule has 0 bridgehead atoms. The monoisotopic (exact) mass is 272 g/mol. The Morgan fingerprint density at radius 1 is 1.15 bits per heavy atom. The number of rotatable bonds is 6. The van der Waals surface area contributed by atoms with Gasteiger partial charge in [-0.15, -0.1) is 0 Å². The molecule has 3 nitrogen and oxygen atoms in total. The lowest BCUT2D eigenvalue weighted by Gasteiger charge is -2.21. The topological polar surface area (TPSA) is 38.1 Å². The van der Waals surface area contributed by atoms with Crippen molar-refractivity contribution in [3.8, 4) is 0 Å². The minimum Gasteiger partial charge on any atom is -0.361 e. The number of aryl methyl sites for hydroxylation is 2. The van der Waals surface area contributed by atoms with E-state index in [1.165, 1.54) is 11.1 Å². The maximum atomic E-state index is 5.22. The Balaban J connectivity index is 2.09. The molecule has 0 fully saturated rings. The van der Waals surface area contributed by atoms with E-state index in [1.54, 1.807) is 0 Å². The summed E-state index contributed by atoms with van der Waals surface area (Å²) >= 11 is 0. The number of nitrogens with zero attached hydrogens (tertiary/aromatic N) is 1. The average molecular weight is 272 g/mol. The van der Waals surface area contributed by atoms with Crippen molar-refractivity contribution < 1.29 is 4.52 Å². The van der Waals surface area contributed by atoms with Crippen LogP contribution in [0.25, 0.3) is 0 Å². The molecule has 1 N–H and O–H groups in total. The molecule has 1 atom stereocenters. The molecule has 0 amide bonds. The lowest BCUT2D eigenvalue weighted by atomic mass is 9.96. The van der Waals surface area contributed by atoms with Crippen molar-refractivity contribution in [2.75, 3.05) is 0 Å². The highest BCUT2D eigenvalue weighted by molar-refractivity contribution is 5.22. The zero-order chi connectivity index (χ0) is 14.5. The zero-order valence-corrected chi connectivity index (χ0v) is 12.8. The molecule has 0 radical (unpaired) electrons. The summed E-state index contributed by atoms with van der Waals surface area (Å²) in [6.07, 6.45) is 1.12. The molecule has 0 spiro atoms. The van der Waals surface area contributed by atoms with Crippen LogP contribution in [0.2, 0.25) is 0 Å². The van der Waals surface area contributed by atoms with Gasteiger partial charge in [0.1, 0.15) is 5.76 Å². The Labute approximate surface area is 121 Å². The van der Waals surface area contributed by atoms with E-state index in [0.29, 0.717) is 12.0 Å². The highest BCUT2D eigenvalue weighted by atomic mass is 16.5. The second-order valence-electron chi connectivity index (χ2n) is 5.78. The lowest BCUT2D eigenvalue weighted by Crippen LogP contribution is -2.23.